The molecule has 2 aromatic rings. The van der Waals surface area contributed by atoms with Crippen molar-refractivity contribution in [1.29, 1.82) is 0 Å². The second-order valence-electron chi connectivity index (χ2n) is 3.76. The maximum absolute atomic E-state index is 13.7. The zero-order valence-electron chi connectivity index (χ0n) is 9.34. The van der Waals surface area contributed by atoms with Crippen molar-refractivity contribution in [3.05, 3.63) is 51.6 Å². The van der Waals surface area contributed by atoms with Crippen LogP contribution in [0.5, 0.6) is 0 Å². The second kappa shape index (κ2) is 4.08. The Balaban J connectivity index is 2.74. The van der Waals surface area contributed by atoms with Crippen molar-refractivity contribution in [2.45, 2.75) is 13.8 Å². The van der Waals surface area contributed by atoms with E-state index in [2.05, 4.69) is 9.97 Å². The Hall–Kier alpha value is -2.04. The Bertz CT molecular complexity index is 635. The normalized spacial score (nSPS) is 10.6. The van der Waals surface area contributed by atoms with Crippen LogP contribution in [-0.2, 0) is 0 Å². The Labute approximate surface area is 96.2 Å². The van der Waals surface area contributed by atoms with Gasteiger partial charge in [-0.3, -0.25) is 4.79 Å². The molecular formula is C12H10F2N2O. The summed E-state index contributed by atoms with van der Waals surface area (Å²) in [5.41, 5.74) is 0.264. The quantitative estimate of drug-likeness (QED) is 0.826. The van der Waals surface area contributed by atoms with Crippen LogP contribution in [0.15, 0.2) is 23.3 Å². The molecule has 0 bridgehead atoms. The van der Waals surface area contributed by atoms with Crippen LogP contribution >= 0.6 is 0 Å². The average Bonchev–Trinajstić information content (AvgIpc) is 2.31. The zero-order valence-corrected chi connectivity index (χ0v) is 9.34. The van der Waals surface area contributed by atoms with Gasteiger partial charge in [-0.25, -0.2) is 13.8 Å². The van der Waals surface area contributed by atoms with Crippen molar-refractivity contribution in [3.8, 4) is 11.3 Å². The molecule has 3 nitrogen and oxygen atoms in total. The number of benzene rings is 1. The summed E-state index contributed by atoms with van der Waals surface area (Å²) in [7, 11) is 0. The number of aromatic amines is 1. The highest BCUT2D eigenvalue weighted by Gasteiger charge is 2.16. The molecule has 88 valence electrons. The molecule has 0 unspecified atom stereocenters. The van der Waals surface area contributed by atoms with Crippen molar-refractivity contribution in [2.24, 2.45) is 0 Å². The van der Waals surface area contributed by atoms with Gasteiger partial charge in [-0.2, -0.15) is 0 Å². The highest BCUT2D eigenvalue weighted by atomic mass is 19.2. The number of H-pyrrole nitrogens is 1. The van der Waals surface area contributed by atoms with Crippen LogP contribution in [0.1, 0.15) is 11.1 Å². The van der Waals surface area contributed by atoms with Gasteiger partial charge in [0.15, 0.2) is 11.6 Å². The van der Waals surface area contributed by atoms with Gasteiger partial charge in [-0.05, 0) is 25.5 Å². The SMILES string of the molecule is Cc1ccc(-c2nc[nH]c(=O)c2C)c(F)c1F. The van der Waals surface area contributed by atoms with E-state index in [-0.39, 0.29) is 27.9 Å². The fourth-order valence-electron chi connectivity index (χ4n) is 1.57. The zero-order chi connectivity index (χ0) is 12.6. The Morgan fingerprint density at radius 3 is 2.59 bits per heavy atom. The number of aryl methyl sites for hydroxylation is 1. The van der Waals surface area contributed by atoms with Crippen molar-refractivity contribution < 1.29 is 8.78 Å². The lowest BCUT2D eigenvalue weighted by atomic mass is 10.0. The lowest BCUT2D eigenvalue weighted by Crippen LogP contribution is -2.12. The topological polar surface area (TPSA) is 45.8 Å². The van der Waals surface area contributed by atoms with Crippen LogP contribution in [0, 0.1) is 25.5 Å². The minimum Gasteiger partial charge on any atom is -0.313 e. The Kier molecular flexibility index (Phi) is 2.75. The molecule has 0 radical (unpaired) electrons. The molecule has 0 spiro atoms. The largest absolute Gasteiger partial charge is 0.313 e. The molecule has 0 amide bonds. The van der Waals surface area contributed by atoms with Crippen LogP contribution in [0.4, 0.5) is 8.78 Å². The standard InChI is InChI=1S/C12H10F2N2O/c1-6-3-4-8(10(14)9(6)13)11-7(2)12(17)16-5-15-11/h3-5H,1-2H3,(H,15,16,17). The third-order valence-corrected chi connectivity index (χ3v) is 2.62. The van der Waals surface area contributed by atoms with Crippen molar-refractivity contribution >= 4 is 0 Å². The summed E-state index contributed by atoms with van der Waals surface area (Å²) in [6.07, 6.45) is 1.17. The van der Waals surface area contributed by atoms with E-state index in [0.717, 1.165) is 0 Å². The number of aromatic nitrogens is 2. The summed E-state index contributed by atoms with van der Waals surface area (Å²) < 4.78 is 27.2. The van der Waals surface area contributed by atoms with E-state index in [9.17, 15) is 13.6 Å². The van der Waals surface area contributed by atoms with Crippen molar-refractivity contribution in [1.82, 2.24) is 9.97 Å². The van der Waals surface area contributed by atoms with Gasteiger partial charge in [0.05, 0.1) is 12.0 Å². The van der Waals surface area contributed by atoms with Gasteiger partial charge in [0.25, 0.3) is 5.56 Å². The summed E-state index contributed by atoms with van der Waals surface area (Å²) in [5.74, 6) is -1.89. The van der Waals surface area contributed by atoms with Gasteiger partial charge in [0, 0.05) is 11.1 Å². The van der Waals surface area contributed by atoms with Gasteiger partial charge < -0.3 is 4.98 Å². The first-order valence-corrected chi connectivity index (χ1v) is 5.01. The summed E-state index contributed by atoms with van der Waals surface area (Å²) >= 11 is 0. The summed E-state index contributed by atoms with van der Waals surface area (Å²) in [5, 5.41) is 0. The summed E-state index contributed by atoms with van der Waals surface area (Å²) in [4.78, 5) is 17.6. The Morgan fingerprint density at radius 1 is 1.18 bits per heavy atom. The molecule has 0 saturated carbocycles. The molecule has 1 aromatic carbocycles. The fourth-order valence-corrected chi connectivity index (χ4v) is 1.57. The molecule has 0 atom stereocenters. The van der Waals surface area contributed by atoms with Crippen LogP contribution in [0.3, 0.4) is 0 Å². The molecule has 1 aromatic heterocycles. The first-order chi connectivity index (χ1) is 8.02. The molecule has 0 aliphatic carbocycles. The van der Waals surface area contributed by atoms with Crippen molar-refractivity contribution in [3.63, 3.8) is 0 Å². The molecule has 1 heterocycles. The summed E-state index contributed by atoms with van der Waals surface area (Å²) in [6, 6.07) is 2.87. The van der Waals surface area contributed by atoms with E-state index in [0.29, 0.717) is 0 Å². The number of halogens is 2. The van der Waals surface area contributed by atoms with Gasteiger partial charge in [-0.1, -0.05) is 6.07 Å². The van der Waals surface area contributed by atoms with Crippen molar-refractivity contribution in [2.75, 3.05) is 0 Å². The van der Waals surface area contributed by atoms with Crippen LogP contribution < -0.4 is 5.56 Å². The highest BCUT2D eigenvalue weighted by molar-refractivity contribution is 5.63. The van der Waals surface area contributed by atoms with Gasteiger partial charge >= 0.3 is 0 Å². The molecule has 0 aliphatic rings. The van der Waals surface area contributed by atoms with Gasteiger partial charge in [0.1, 0.15) is 0 Å². The predicted octanol–water partition coefficient (Wildman–Crippen LogP) is 2.33. The van der Waals surface area contributed by atoms with Crippen LogP contribution in [0.2, 0.25) is 0 Å². The van der Waals surface area contributed by atoms with Crippen LogP contribution in [-0.4, -0.2) is 9.97 Å². The maximum Gasteiger partial charge on any atom is 0.254 e. The Morgan fingerprint density at radius 2 is 1.88 bits per heavy atom. The van der Waals surface area contributed by atoms with Crippen LogP contribution in [0.25, 0.3) is 11.3 Å². The first kappa shape index (κ1) is 11.4. The number of rotatable bonds is 1. The molecule has 0 saturated heterocycles. The molecule has 0 aliphatic heterocycles. The number of hydrogen-bond donors (Lipinski definition) is 1. The van der Waals surface area contributed by atoms with E-state index in [1.165, 1.54) is 32.3 Å². The van der Waals surface area contributed by atoms with E-state index in [1.807, 2.05) is 0 Å². The molecule has 17 heavy (non-hydrogen) atoms. The third-order valence-electron chi connectivity index (χ3n) is 2.62. The fraction of sp³-hybridized carbons (Fsp3) is 0.167. The molecule has 0 fully saturated rings. The van der Waals surface area contributed by atoms with E-state index in [4.69, 9.17) is 0 Å². The smallest absolute Gasteiger partial charge is 0.254 e. The van der Waals surface area contributed by atoms with Gasteiger partial charge in [-0.15, -0.1) is 0 Å². The number of nitrogens with one attached hydrogen (secondary N) is 1. The van der Waals surface area contributed by atoms with E-state index in [1.54, 1.807) is 0 Å². The lowest BCUT2D eigenvalue weighted by Gasteiger charge is -2.07. The third kappa shape index (κ3) is 1.84. The average molecular weight is 236 g/mol. The number of hydrogen-bond acceptors (Lipinski definition) is 2. The number of nitrogens with zero attached hydrogens (tertiary/aromatic N) is 1. The molecular weight excluding hydrogens is 226 g/mol. The van der Waals surface area contributed by atoms with Gasteiger partial charge in [0.2, 0.25) is 0 Å². The lowest BCUT2D eigenvalue weighted by molar-refractivity contribution is 0.505. The first-order valence-electron chi connectivity index (χ1n) is 5.01. The van der Waals surface area contributed by atoms with E-state index >= 15 is 0 Å². The molecule has 1 N–H and O–H groups in total. The summed E-state index contributed by atoms with van der Waals surface area (Å²) in [6.45, 7) is 2.98. The molecule has 2 rings (SSSR count). The monoisotopic (exact) mass is 236 g/mol. The predicted molar refractivity (Wildman–Crippen MR) is 59.7 cm³/mol. The minimum atomic E-state index is -0.980. The minimum absolute atomic E-state index is 0.00306. The second-order valence-corrected chi connectivity index (χ2v) is 3.76. The maximum atomic E-state index is 13.7. The highest BCUT2D eigenvalue weighted by Crippen LogP contribution is 2.25. The van der Waals surface area contributed by atoms with E-state index < -0.39 is 11.6 Å². The molecule has 5 heteroatoms.